The first-order valence-corrected chi connectivity index (χ1v) is 11.6. The average Bonchev–Trinajstić information content (AvgIpc) is 3.34. The van der Waals surface area contributed by atoms with Crippen LogP contribution in [0.4, 0.5) is 11.4 Å². The Morgan fingerprint density at radius 1 is 0.939 bits per heavy atom. The molecule has 0 saturated carbocycles. The van der Waals surface area contributed by atoms with E-state index in [4.69, 9.17) is 0 Å². The highest BCUT2D eigenvalue weighted by Gasteiger charge is 2.38. The lowest BCUT2D eigenvalue weighted by atomic mass is 9.75. The first-order chi connectivity index (χ1) is 16.2. The number of hydrogen-bond donors (Lipinski definition) is 2. The molecule has 0 radical (unpaired) electrons. The van der Waals surface area contributed by atoms with Crippen LogP contribution in [0, 0.1) is 12.8 Å². The number of carbonyl (C=O) groups is 1. The molecule has 0 bridgehead atoms. The van der Waals surface area contributed by atoms with Crippen molar-refractivity contribution in [2.45, 2.75) is 25.3 Å². The van der Waals surface area contributed by atoms with Crippen LogP contribution in [0.5, 0.6) is 0 Å². The van der Waals surface area contributed by atoms with Crippen molar-refractivity contribution in [1.29, 1.82) is 0 Å². The van der Waals surface area contributed by atoms with Crippen LogP contribution in [0.2, 0.25) is 0 Å². The lowest BCUT2D eigenvalue weighted by Gasteiger charge is -2.38. The highest BCUT2D eigenvalue weighted by atomic mass is 16.1. The summed E-state index contributed by atoms with van der Waals surface area (Å²) in [6.07, 6.45) is 5.75. The van der Waals surface area contributed by atoms with Crippen molar-refractivity contribution < 1.29 is 4.79 Å². The molecule has 3 heteroatoms. The molecule has 0 fully saturated rings. The fourth-order valence-corrected chi connectivity index (χ4v) is 5.43. The molecule has 0 aromatic heterocycles. The van der Waals surface area contributed by atoms with E-state index in [-0.39, 0.29) is 11.9 Å². The predicted molar refractivity (Wildman–Crippen MR) is 136 cm³/mol. The van der Waals surface area contributed by atoms with Crippen LogP contribution in [0.25, 0.3) is 10.8 Å². The number of allylic oxidation sites excluding steroid dienone is 2. The van der Waals surface area contributed by atoms with E-state index in [1.54, 1.807) is 0 Å². The number of rotatable bonds is 3. The second-order valence-corrected chi connectivity index (χ2v) is 9.17. The number of fused-ring (bicyclic) bond motifs is 5. The van der Waals surface area contributed by atoms with Crippen LogP contribution in [-0.2, 0) is 0 Å². The highest BCUT2D eigenvalue weighted by molar-refractivity contribution is 6.04. The lowest BCUT2D eigenvalue weighted by molar-refractivity contribution is 0.102. The van der Waals surface area contributed by atoms with E-state index in [0.717, 1.165) is 17.7 Å². The van der Waals surface area contributed by atoms with Crippen molar-refractivity contribution >= 4 is 28.1 Å². The Balaban J connectivity index is 1.32. The molecule has 33 heavy (non-hydrogen) atoms. The molecule has 1 aliphatic heterocycles. The maximum Gasteiger partial charge on any atom is 0.255 e. The Bertz CT molecular complexity index is 1390. The molecule has 4 aromatic carbocycles. The molecule has 2 N–H and O–H groups in total. The Kier molecular flexibility index (Phi) is 4.76. The van der Waals surface area contributed by atoms with Gasteiger partial charge in [-0.2, -0.15) is 0 Å². The highest BCUT2D eigenvalue weighted by Crippen LogP contribution is 2.51. The molecular weight excluding hydrogens is 404 g/mol. The van der Waals surface area contributed by atoms with Crippen LogP contribution in [0.3, 0.4) is 0 Å². The quantitative estimate of drug-likeness (QED) is 0.337. The summed E-state index contributed by atoms with van der Waals surface area (Å²) >= 11 is 0. The topological polar surface area (TPSA) is 41.1 Å². The smallest absolute Gasteiger partial charge is 0.255 e. The molecule has 1 amide bonds. The molecule has 4 aromatic rings. The van der Waals surface area contributed by atoms with E-state index in [0.29, 0.717) is 17.4 Å². The largest absolute Gasteiger partial charge is 0.378 e. The third-order valence-electron chi connectivity index (χ3n) is 7.07. The summed E-state index contributed by atoms with van der Waals surface area (Å²) in [5, 5.41) is 9.54. The zero-order valence-electron chi connectivity index (χ0n) is 18.6. The van der Waals surface area contributed by atoms with Gasteiger partial charge in [0.15, 0.2) is 0 Å². The van der Waals surface area contributed by atoms with Gasteiger partial charge in [-0.25, -0.2) is 0 Å². The van der Waals surface area contributed by atoms with Gasteiger partial charge in [-0.15, -0.1) is 0 Å². The van der Waals surface area contributed by atoms with Gasteiger partial charge in [-0.05, 0) is 71.5 Å². The predicted octanol–water partition coefficient (Wildman–Crippen LogP) is 7.23. The molecule has 3 atom stereocenters. The summed E-state index contributed by atoms with van der Waals surface area (Å²) in [5.74, 6) is 0.760. The normalized spacial score (nSPS) is 20.7. The number of carbonyl (C=O) groups excluding carboxylic acids is 1. The summed E-state index contributed by atoms with van der Waals surface area (Å²) in [6, 6.07) is 29.2. The number of nitrogens with one attached hydrogen (secondary N) is 2. The van der Waals surface area contributed by atoms with Crippen LogP contribution >= 0.6 is 0 Å². The van der Waals surface area contributed by atoms with E-state index in [9.17, 15) is 4.79 Å². The minimum Gasteiger partial charge on any atom is -0.378 e. The molecule has 3 nitrogen and oxygen atoms in total. The van der Waals surface area contributed by atoms with Gasteiger partial charge in [0.2, 0.25) is 0 Å². The first kappa shape index (κ1) is 19.8. The number of amides is 1. The van der Waals surface area contributed by atoms with Crippen LogP contribution in [0.15, 0.2) is 97.1 Å². The number of aryl methyl sites for hydroxylation is 1. The van der Waals surface area contributed by atoms with Crippen molar-refractivity contribution in [3.63, 3.8) is 0 Å². The minimum absolute atomic E-state index is 0.0824. The fraction of sp³-hybridized carbons (Fsp3) is 0.167. The van der Waals surface area contributed by atoms with Gasteiger partial charge in [-0.3, -0.25) is 4.79 Å². The summed E-state index contributed by atoms with van der Waals surface area (Å²) in [5.41, 5.74) is 6.46. The Morgan fingerprint density at radius 3 is 2.67 bits per heavy atom. The third-order valence-corrected chi connectivity index (χ3v) is 7.07. The van der Waals surface area contributed by atoms with Crippen LogP contribution in [-0.4, -0.2) is 5.91 Å². The molecule has 162 valence electrons. The summed E-state index contributed by atoms with van der Waals surface area (Å²) < 4.78 is 0. The van der Waals surface area contributed by atoms with Gasteiger partial charge in [0.05, 0.1) is 6.04 Å². The van der Waals surface area contributed by atoms with Gasteiger partial charge in [0, 0.05) is 22.9 Å². The van der Waals surface area contributed by atoms with E-state index in [2.05, 4.69) is 71.3 Å². The van der Waals surface area contributed by atoms with Gasteiger partial charge in [0.1, 0.15) is 0 Å². The number of hydrogen-bond acceptors (Lipinski definition) is 2. The molecule has 1 aliphatic carbocycles. The summed E-state index contributed by atoms with van der Waals surface area (Å²) in [4.78, 5) is 12.7. The van der Waals surface area contributed by atoms with Crippen molar-refractivity contribution in [2.75, 3.05) is 10.6 Å². The molecule has 0 saturated heterocycles. The average molecular weight is 431 g/mol. The van der Waals surface area contributed by atoms with Gasteiger partial charge in [-0.1, -0.05) is 72.3 Å². The van der Waals surface area contributed by atoms with E-state index < -0.39 is 0 Å². The van der Waals surface area contributed by atoms with Crippen molar-refractivity contribution in [3.8, 4) is 0 Å². The van der Waals surface area contributed by atoms with Crippen molar-refractivity contribution in [2.24, 2.45) is 5.92 Å². The monoisotopic (exact) mass is 430 g/mol. The van der Waals surface area contributed by atoms with E-state index >= 15 is 0 Å². The maximum atomic E-state index is 12.7. The Hall–Kier alpha value is -3.85. The molecule has 3 unspecified atom stereocenters. The second-order valence-electron chi connectivity index (χ2n) is 9.17. The molecule has 6 rings (SSSR count). The zero-order valence-corrected chi connectivity index (χ0v) is 18.6. The summed E-state index contributed by atoms with van der Waals surface area (Å²) in [7, 11) is 0. The fourth-order valence-electron chi connectivity index (χ4n) is 5.43. The molecule has 2 aliphatic rings. The molecule has 1 heterocycles. The number of anilines is 2. The second kappa shape index (κ2) is 7.93. The van der Waals surface area contributed by atoms with Crippen molar-refractivity contribution in [3.05, 3.63) is 119 Å². The molecule has 0 spiro atoms. The van der Waals surface area contributed by atoms with Gasteiger partial charge < -0.3 is 10.6 Å². The SMILES string of the molecule is Cc1ccc(C(=O)Nc2cccc(C3Nc4ccc5ccccc5c4C4C=CCC43)c2)cc1. The first-order valence-electron chi connectivity index (χ1n) is 11.6. The van der Waals surface area contributed by atoms with Gasteiger partial charge in [0.25, 0.3) is 5.91 Å². The third kappa shape index (κ3) is 3.50. The Morgan fingerprint density at radius 2 is 1.79 bits per heavy atom. The minimum atomic E-state index is -0.0824. The molecular formula is C30H26N2O. The summed E-state index contributed by atoms with van der Waals surface area (Å²) in [6.45, 7) is 2.02. The maximum absolute atomic E-state index is 12.7. The standard InChI is InChI=1S/C30H26N2O/c1-19-12-14-21(15-13-19)30(33)31-23-8-4-7-22(18-23)29-26-11-5-10-25(26)28-24-9-3-2-6-20(24)16-17-27(28)32-29/h2-10,12-18,25-26,29,32H,11H2,1H3,(H,31,33). The van der Waals surface area contributed by atoms with Crippen LogP contribution in [0.1, 0.15) is 45.4 Å². The lowest BCUT2D eigenvalue weighted by Crippen LogP contribution is -2.29. The van der Waals surface area contributed by atoms with Crippen molar-refractivity contribution in [1.82, 2.24) is 0 Å². The number of benzene rings is 4. The Labute approximate surface area is 194 Å². The van der Waals surface area contributed by atoms with Gasteiger partial charge >= 0.3 is 0 Å². The van der Waals surface area contributed by atoms with E-state index in [1.165, 1.54) is 27.6 Å². The van der Waals surface area contributed by atoms with E-state index in [1.807, 2.05) is 43.3 Å². The van der Waals surface area contributed by atoms with Crippen LogP contribution < -0.4 is 10.6 Å². The zero-order chi connectivity index (χ0) is 22.4.